The molecule has 1 aromatic rings. The quantitative estimate of drug-likeness (QED) is 0.784. The smallest absolute Gasteiger partial charge is 0.120 e. The first-order chi connectivity index (χ1) is 12.2. The molecule has 1 heterocycles. The topological polar surface area (TPSA) is 35.9 Å². The summed E-state index contributed by atoms with van der Waals surface area (Å²) in [5, 5.41) is 8.99. The van der Waals surface area contributed by atoms with Crippen LogP contribution in [0.4, 0.5) is 0 Å². The van der Waals surface area contributed by atoms with Gasteiger partial charge >= 0.3 is 0 Å². The molecule has 0 unspecified atom stereocenters. The van der Waals surface area contributed by atoms with Gasteiger partial charge in [-0.1, -0.05) is 12.1 Å². The molecule has 3 rings (SSSR count). The molecule has 1 aliphatic heterocycles. The molecule has 1 N–H and O–H groups in total. The Morgan fingerprint density at radius 1 is 1.16 bits per heavy atom. The SMILES string of the molecule is CN(CCCO)C1CCN(Cc2cccc(OC3CCCC3)c2)CC1. The predicted octanol–water partition coefficient (Wildman–Crippen LogP) is 3.29. The van der Waals surface area contributed by atoms with E-state index in [-0.39, 0.29) is 0 Å². The maximum atomic E-state index is 8.99. The van der Waals surface area contributed by atoms with Gasteiger partial charge in [0.05, 0.1) is 6.10 Å². The summed E-state index contributed by atoms with van der Waals surface area (Å²) in [6, 6.07) is 9.36. The average Bonchev–Trinajstić information content (AvgIpc) is 3.13. The molecule has 0 bridgehead atoms. The number of hydrogen-bond donors (Lipinski definition) is 1. The van der Waals surface area contributed by atoms with Crippen molar-refractivity contribution in [1.82, 2.24) is 9.80 Å². The summed E-state index contributed by atoms with van der Waals surface area (Å²) in [7, 11) is 2.19. The molecule has 0 atom stereocenters. The summed E-state index contributed by atoms with van der Waals surface area (Å²) >= 11 is 0. The van der Waals surface area contributed by atoms with Crippen molar-refractivity contribution in [2.75, 3.05) is 33.3 Å². The van der Waals surface area contributed by atoms with Crippen molar-refractivity contribution in [2.24, 2.45) is 0 Å². The molecule has 1 aromatic carbocycles. The number of aliphatic hydroxyl groups is 1. The highest BCUT2D eigenvalue weighted by Gasteiger charge is 2.22. The van der Waals surface area contributed by atoms with Crippen molar-refractivity contribution in [1.29, 1.82) is 0 Å². The molecule has 140 valence electrons. The number of aliphatic hydroxyl groups excluding tert-OH is 1. The van der Waals surface area contributed by atoms with Gasteiger partial charge in [0.1, 0.15) is 5.75 Å². The minimum absolute atomic E-state index is 0.294. The Morgan fingerprint density at radius 3 is 2.64 bits per heavy atom. The second kappa shape index (κ2) is 9.56. The van der Waals surface area contributed by atoms with E-state index in [9.17, 15) is 0 Å². The lowest BCUT2D eigenvalue weighted by Crippen LogP contribution is -2.43. The highest BCUT2D eigenvalue weighted by atomic mass is 16.5. The first-order valence-electron chi connectivity index (χ1n) is 10.0. The Balaban J connectivity index is 1.45. The summed E-state index contributed by atoms with van der Waals surface area (Å²) in [5.74, 6) is 1.04. The molecule has 4 heteroatoms. The fourth-order valence-corrected chi connectivity index (χ4v) is 4.19. The maximum absolute atomic E-state index is 8.99. The average molecular weight is 347 g/mol. The van der Waals surface area contributed by atoms with Crippen LogP contribution in [0.15, 0.2) is 24.3 Å². The number of piperidine rings is 1. The molecule has 0 spiro atoms. The van der Waals surface area contributed by atoms with Crippen molar-refractivity contribution in [3.05, 3.63) is 29.8 Å². The van der Waals surface area contributed by atoms with E-state index >= 15 is 0 Å². The van der Waals surface area contributed by atoms with Crippen LogP contribution in [0.1, 0.15) is 50.5 Å². The minimum Gasteiger partial charge on any atom is -0.490 e. The number of hydrogen-bond acceptors (Lipinski definition) is 4. The third-order valence-corrected chi connectivity index (χ3v) is 5.76. The molecule has 4 nitrogen and oxygen atoms in total. The van der Waals surface area contributed by atoms with Crippen LogP contribution < -0.4 is 4.74 Å². The normalized spacial score (nSPS) is 20.4. The second-order valence-corrected chi connectivity index (χ2v) is 7.74. The first kappa shape index (κ1) is 18.7. The summed E-state index contributed by atoms with van der Waals surface area (Å²) < 4.78 is 6.15. The largest absolute Gasteiger partial charge is 0.490 e. The highest BCUT2D eigenvalue weighted by Crippen LogP contribution is 2.25. The van der Waals surface area contributed by atoms with Gasteiger partial charge in [-0.25, -0.2) is 0 Å². The fourth-order valence-electron chi connectivity index (χ4n) is 4.19. The van der Waals surface area contributed by atoms with E-state index in [0.29, 0.717) is 18.8 Å². The molecule has 0 aromatic heterocycles. The summed E-state index contributed by atoms with van der Waals surface area (Å²) in [5.41, 5.74) is 1.36. The van der Waals surface area contributed by atoms with Gasteiger partial charge in [0.2, 0.25) is 0 Å². The van der Waals surface area contributed by atoms with Gasteiger partial charge in [0.25, 0.3) is 0 Å². The van der Waals surface area contributed by atoms with Crippen LogP contribution in [0.2, 0.25) is 0 Å². The molecule has 0 radical (unpaired) electrons. The van der Waals surface area contributed by atoms with E-state index in [4.69, 9.17) is 9.84 Å². The van der Waals surface area contributed by atoms with Gasteiger partial charge in [-0.15, -0.1) is 0 Å². The van der Waals surface area contributed by atoms with Crippen molar-refractivity contribution < 1.29 is 9.84 Å². The van der Waals surface area contributed by atoms with Gasteiger partial charge < -0.3 is 14.7 Å². The molecule has 2 aliphatic rings. The minimum atomic E-state index is 0.294. The maximum Gasteiger partial charge on any atom is 0.120 e. The van der Waals surface area contributed by atoms with Gasteiger partial charge in [-0.3, -0.25) is 4.90 Å². The number of nitrogens with zero attached hydrogens (tertiary/aromatic N) is 2. The van der Waals surface area contributed by atoms with Gasteiger partial charge in [0, 0.05) is 25.7 Å². The number of likely N-dealkylation sites (tertiary alicyclic amines) is 1. The number of rotatable bonds is 8. The zero-order valence-electron chi connectivity index (χ0n) is 15.7. The Bertz CT molecular complexity index is 508. The second-order valence-electron chi connectivity index (χ2n) is 7.74. The van der Waals surface area contributed by atoms with Crippen LogP contribution in [0.25, 0.3) is 0 Å². The van der Waals surface area contributed by atoms with Crippen LogP contribution in [0.5, 0.6) is 5.75 Å². The number of benzene rings is 1. The van der Waals surface area contributed by atoms with Crippen LogP contribution in [-0.4, -0.2) is 60.3 Å². The first-order valence-corrected chi connectivity index (χ1v) is 10.0. The zero-order valence-corrected chi connectivity index (χ0v) is 15.7. The van der Waals surface area contributed by atoms with Gasteiger partial charge in [-0.2, -0.15) is 0 Å². The molecule has 1 saturated heterocycles. The van der Waals surface area contributed by atoms with Gasteiger partial charge in [-0.05, 0) is 82.8 Å². The molecule has 0 amide bonds. The lowest BCUT2D eigenvalue weighted by atomic mass is 10.0. The van der Waals surface area contributed by atoms with E-state index in [2.05, 4.69) is 41.1 Å². The van der Waals surface area contributed by atoms with Crippen molar-refractivity contribution in [3.8, 4) is 5.75 Å². The molecule has 2 fully saturated rings. The van der Waals surface area contributed by atoms with Gasteiger partial charge in [0.15, 0.2) is 0 Å². The molecular weight excluding hydrogens is 312 g/mol. The standard InChI is InChI=1S/C21H34N2O2/c1-22(12-5-15-24)19-10-13-23(14-11-19)17-18-6-4-9-21(16-18)25-20-7-2-3-8-20/h4,6,9,16,19-20,24H,2-3,5,7-8,10-15,17H2,1H3. The Hall–Kier alpha value is -1.10. The molecule has 1 aliphatic carbocycles. The van der Waals surface area contributed by atoms with E-state index in [1.165, 1.54) is 44.1 Å². The molecular formula is C21H34N2O2. The predicted molar refractivity (Wildman–Crippen MR) is 102 cm³/mol. The monoisotopic (exact) mass is 346 g/mol. The van der Waals surface area contributed by atoms with Crippen LogP contribution in [0.3, 0.4) is 0 Å². The lowest BCUT2D eigenvalue weighted by Gasteiger charge is -2.36. The Kier molecular flexibility index (Phi) is 7.14. The van der Waals surface area contributed by atoms with Crippen molar-refractivity contribution in [3.63, 3.8) is 0 Å². The van der Waals surface area contributed by atoms with Crippen LogP contribution >= 0.6 is 0 Å². The van der Waals surface area contributed by atoms with E-state index in [1.807, 2.05) is 0 Å². The van der Waals surface area contributed by atoms with Crippen LogP contribution in [-0.2, 0) is 6.54 Å². The third kappa shape index (κ3) is 5.70. The van der Waals surface area contributed by atoms with E-state index < -0.39 is 0 Å². The van der Waals surface area contributed by atoms with Crippen LogP contribution in [0, 0.1) is 0 Å². The fraction of sp³-hybridized carbons (Fsp3) is 0.714. The molecule has 1 saturated carbocycles. The summed E-state index contributed by atoms with van der Waals surface area (Å²) in [6.45, 7) is 4.63. The van der Waals surface area contributed by atoms with Crippen molar-refractivity contribution >= 4 is 0 Å². The highest BCUT2D eigenvalue weighted by molar-refractivity contribution is 5.28. The zero-order chi connectivity index (χ0) is 17.5. The van der Waals surface area contributed by atoms with E-state index in [1.54, 1.807) is 0 Å². The van der Waals surface area contributed by atoms with Crippen molar-refractivity contribution in [2.45, 2.75) is 63.6 Å². The summed E-state index contributed by atoms with van der Waals surface area (Å²) in [4.78, 5) is 4.98. The Labute approximate surface area is 152 Å². The molecule has 25 heavy (non-hydrogen) atoms. The summed E-state index contributed by atoms with van der Waals surface area (Å²) in [6.07, 6.45) is 8.80. The Morgan fingerprint density at radius 2 is 1.92 bits per heavy atom. The number of ether oxygens (including phenoxy) is 1. The third-order valence-electron chi connectivity index (χ3n) is 5.76. The van der Waals surface area contributed by atoms with E-state index in [0.717, 1.165) is 38.3 Å². The lowest BCUT2D eigenvalue weighted by molar-refractivity contribution is 0.117.